The van der Waals surface area contributed by atoms with Gasteiger partial charge < -0.3 is 16.0 Å². The standard InChI is InChI=1S/C14H27N3O/c1-10(2)6-13-4-3-5-17(13)14(18)16-9-11-7-12(15)8-11/h10-13H,3-9,15H2,1-2H3,(H,16,18). The smallest absolute Gasteiger partial charge is 0.317 e. The van der Waals surface area contributed by atoms with Crippen LogP contribution in [-0.4, -0.2) is 36.1 Å². The van der Waals surface area contributed by atoms with E-state index in [1.165, 1.54) is 6.42 Å². The molecule has 0 aromatic heterocycles. The summed E-state index contributed by atoms with van der Waals surface area (Å²) in [6.07, 6.45) is 5.58. The Morgan fingerprint density at radius 2 is 2.17 bits per heavy atom. The van der Waals surface area contributed by atoms with Gasteiger partial charge in [-0.15, -0.1) is 0 Å². The number of nitrogens with one attached hydrogen (secondary N) is 1. The van der Waals surface area contributed by atoms with Gasteiger partial charge in [-0.3, -0.25) is 0 Å². The first kappa shape index (κ1) is 13.7. The van der Waals surface area contributed by atoms with E-state index < -0.39 is 0 Å². The molecule has 1 atom stereocenters. The van der Waals surface area contributed by atoms with Gasteiger partial charge in [0.05, 0.1) is 0 Å². The summed E-state index contributed by atoms with van der Waals surface area (Å²) in [5, 5.41) is 3.08. The average molecular weight is 253 g/mol. The van der Waals surface area contributed by atoms with Gasteiger partial charge in [-0.2, -0.15) is 0 Å². The molecular weight excluding hydrogens is 226 g/mol. The van der Waals surface area contributed by atoms with Crippen molar-refractivity contribution in [3.8, 4) is 0 Å². The highest BCUT2D eigenvalue weighted by atomic mass is 16.2. The summed E-state index contributed by atoms with van der Waals surface area (Å²) < 4.78 is 0. The van der Waals surface area contributed by atoms with E-state index in [4.69, 9.17) is 5.73 Å². The summed E-state index contributed by atoms with van der Waals surface area (Å²) in [7, 11) is 0. The molecule has 1 unspecified atom stereocenters. The van der Waals surface area contributed by atoms with Crippen LogP contribution < -0.4 is 11.1 Å². The Bertz CT molecular complexity index is 287. The van der Waals surface area contributed by atoms with Crippen LogP contribution in [0, 0.1) is 11.8 Å². The van der Waals surface area contributed by atoms with Crippen LogP contribution in [0.4, 0.5) is 4.79 Å². The van der Waals surface area contributed by atoms with Gasteiger partial charge in [0.1, 0.15) is 0 Å². The van der Waals surface area contributed by atoms with E-state index in [0.29, 0.717) is 23.9 Å². The molecule has 1 aliphatic heterocycles. The van der Waals surface area contributed by atoms with Crippen molar-refractivity contribution < 1.29 is 4.79 Å². The van der Waals surface area contributed by atoms with Gasteiger partial charge in [-0.25, -0.2) is 4.79 Å². The van der Waals surface area contributed by atoms with E-state index in [1.807, 2.05) is 4.90 Å². The van der Waals surface area contributed by atoms with Gasteiger partial charge in [0.25, 0.3) is 0 Å². The molecule has 1 aliphatic carbocycles. The fourth-order valence-corrected chi connectivity index (χ4v) is 3.18. The van der Waals surface area contributed by atoms with Crippen molar-refractivity contribution >= 4 is 6.03 Å². The van der Waals surface area contributed by atoms with E-state index in [1.54, 1.807) is 0 Å². The molecule has 1 heterocycles. The number of urea groups is 1. The molecule has 0 aromatic rings. The number of hydrogen-bond acceptors (Lipinski definition) is 2. The lowest BCUT2D eigenvalue weighted by Gasteiger charge is -2.33. The number of amides is 2. The van der Waals surface area contributed by atoms with Gasteiger partial charge in [0.2, 0.25) is 0 Å². The van der Waals surface area contributed by atoms with E-state index in [9.17, 15) is 4.79 Å². The third-order valence-electron chi connectivity index (χ3n) is 4.20. The molecule has 0 spiro atoms. The van der Waals surface area contributed by atoms with Crippen LogP contribution in [-0.2, 0) is 0 Å². The van der Waals surface area contributed by atoms with E-state index in [0.717, 1.165) is 38.8 Å². The van der Waals surface area contributed by atoms with Crippen molar-refractivity contribution in [2.24, 2.45) is 17.6 Å². The van der Waals surface area contributed by atoms with Gasteiger partial charge in [-0.05, 0) is 43.9 Å². The Morgan fingerprint density at radius 3 is 2.78 bits per heavy atom. The second kappa shape index (κ2) is 5.91. The number of likely N-dealkylation sites (tertiary alicyclic amines) is 1. The molecular formula is C14H27N3O. The highest BCUT2D eigenvalue weighted by Gasteiger charge is 2.31. The lowest BCUT2D eigenvalue weighted by Crippen LogP contribution is -2.48. The van der Waals surface area contributed by atoms with Crippen molar-refractivity contribution in [3.05, 3.63) is 0 Å². The minimum absolute atomic E-state index is 0.138. The zero-order valence-corrected chi connectivity index (χ0v) is 11.7. The maximum atomic E-state index is 12.1. The molecule has 1 saturated carbocycles. The van der Waals surface area contributed by atoms with E-state index >= 15 is 0 Å². The molecule has 0 radical (unpaired) electrons. The zero-order valence-electron chi connectivity index (χ0n) is 11.7. The monoisotopic (exact) mass is 253 g/mol. The summed E-state index contributed by atoms with van der Waals surface area (Å²) in [4.78, 5) is 14.2. The second-order valence-corrected chi connectivity index (χ2v) is 6.40. The highest BCUT2D eigenvalue weighted by molar-refractivity contribution is 5.74. The number of nitrogens with zero attached hydrogens (tertiary/aromatic N) is 1. The molecule has 0 aromatic carbocycles. The summed E-state index contributed by atoms with van der Waals surface area (Å²) in [5.41, 5.74) is 5.75. The molecule has 18 heavy (non-hydrogen) atoms. The van der Waals surface area contributed by atoms with Crippen molar-refractivity contribution in [1.29, 1.82) is 0 Å². The van der Waals surface area contributed by atoms with Crippen molar-refractivity contribution in [2.75, 3.05) is 13.1 Å². The topological polar surface area (TPSA) is 58.4 Å². The Kier molecular flexibility index (Phi) is 4.49. The first-order valence-electron chi connectivity index (χ1n) is 7.36. The van der Waals surface area contributed by atoms with Crippen molar-refractivity contribution in [1.82, 2.24) is 10.2 Å². The molecule has 4 heteroatoms. The summed E-state index contributed by atoms with van der Waals surface area (Å²) in [6.45, 7) is 6.18. The molecule has 2 aliphatic rings. The third-order valence-corrected chi connectivity index (χ3v) is 4.20. The van der Waals surface area contributed by atoms with Crippen molar-refractivity contribution in [3.63, 3.8) is 0 Å². The summed E-state index contributed by atoms with van der Waals surface area (Å²) in [5.74, 6) is 1.27. The molecule has 104 valence electrons. The normalized spacial score (nSPS) is 31.6. The van der Waals surface area contributed by atoms with E-state index in [2.05, 4.69) is 19.2 Å². The third kappa shape index (κ3) is 3.37. The molecule has 3 N–H and O–H groups in total. The summed E-state index contributed by atoms with van der Waals surface area (Å²) in [6, 6.07) is 0.958. The molecule has 4 nitrogen and oxygen atoms in total. The lowest BCUT2D eigenvalue weighted by molar-refractivity contribution is 0.178. The minimum atomic E-state index is 0.138. The average Bonchev–Trinajstić information content (AvgIpc) is 2.69. The van der Waals surface area contributed by atoms with E-state index in [-0.39, 0.29) is 6.03 Å². The fourth-order valence-electron chi connectivity index (χ4n) is 3.18. The molecule has 1 saturated heterocycles. The Morgan fingerprint density at radius 1 is 1.44 bits per heavy atom. The predicted molar refractivity (Wildman–Crippen MR) is 73.3 cm³/mol. The number of nitrogens with two attached hydrogens (primary N) is 1. The van der Waals surface area contributed by atoms with Crippen LogP contribution in [0.15, 0.2) is 0 Å². The van der Waals surface area contributed by atoms with Crippen molar-refractivity contribution in [2.45, 2.75) is 58.0 Å². The predicted octanol–water partition coefficient (Wildman–Crippen LogP) is 1.94. The molecule has 2 fully saturated rings. The van der Waals surface area contributed by atoms with Crippen LogP contribution in [0.5, 0.6) is 0 Å². The van der Waals surface area contributed by atoms with Gasteiger partial charge in [-0.1, -0.05) is 13.8 Å². The Labute approximate surface area is 110 Å². The maximum Gasteiger partial charge on any atom is 0.317 e. The Balaban J connectivity index is 1.73. The quantitative estimate of drug-likeness (QED) is 0.804. The largest absolute Gasteiger partial charge is 0.338 e. The van der Waals surface area contributed by atoms with Gasteiger partial charge in [0, 0.05) is 25.2 Å². The zero-order chi connectivity index (χ0) is 13.1. The summed E-state index contributed by atoms with van der Waals surface area (Å²) >= 11 is 0. The molecule has 2 rings (SSSR count). The number of carbonyl (C=O) groups excluding carboxylic acids is 1. The van der Waals surface area contributed by atoms with Crippen LogP contribution >= 0.6 is 0 Å². The van der Waals surface area contributed by atoms with Gasteiger partial charge >= 0.3 is 6.03 Å². The van der Waals surface area contributed by atoms with Crippen LogP contribution in [0.25, 0.3) is 0 Å². The number of carbonyl (C=O) groups is 1. The van der Waals surface area contributed by atoms with Crippen LogP contribution in [0.1, 0.15) is 46.0 Å². The van der Waals surface area contributed by atoms with Crippen LogP contribution in [0.3, 0.4) is 0 Å². The number of rotatable bonds is 4. The fraction of sp³-hybridized carbons (Fsp3) is 0.929. The molecule has 0 bridgehead atoms. The SMILES string of the molecule is CC(C)CC1CCCN1C(=O)NCC1CC(N)C1. The first-order chi connectivity index (χ1) is 8.56. The molecule has 2 amide bonds. The lowest BCUT2D eigenvalue weighted by atomic mass is 9.81. The highest BCUT2D eigenvalue weighted by Crippen LogP contribution is 2.26. The number of hydrogen-bond donors (Lipinski definition) is 2. The van der Waals surface area contributed by atoms with Crippen LogP contribution in [0.2, 0.25) is 0 Å². The Hall–Kier alpha value is -0.770. The van der Waals surface area contributed by atoms with Gasteiger partial charge in [0.15, 0.2) is 0 Å². The maximum absolute atomic E-state index is 12.1. The minimum Gasteiger partial charge on any atom is -0.338 e. The first-order valence-corrected chi connectivity index (χ1v) is 7.36. The second-order valence-electron chi connectivity index (χ2n) is 6.40.